The van der Waals surface area contributed by atoms with E-state index < -0.39 is 0 Å². The second kappa shape index (κ2) is 7.75. The molecular weight excluding hydrogens is 345 g/mol. The van der Waals surface area contributed by atoms with Crippen LogP contribution in [0, 0.1) is 0 Å². The van der Waals surface area contributed by atoms with Crippen molar-refractivity contribution in [1.29, 1.82) is 0 Å². The summed E-state index contributed by atoms with van der Waals surface area (Å²) < 4.78 is 0. The summed E-state index contributed by atoms with van der Waals surface area (Å²) in [5.41, 5.74) is 7.21. The van der Waals surface area contributed by atoms with Crippen LogP contribution in [0.25, 0.3) is 0 Å². The average molecular weight is 361 g/mol. The molecule has 2 aromatic rings. The molecule has 0 spiro atoms. The predicted octanol–water partition coefficient (Wildman–Crippen LogP) is 6.08. The van der Waals surface area contributed by atoms with E-state index in [-0.39, 0.29) is 6.04 Å². The lowest BCUT2D eigenvalue weighted by Gasteiger charge is -2.14. The molecule has 1 unspecified atom stereocenters. The summed E-state index contributed by atoms with van der Waals surface area (Å²) in [5.74, 6) is 0. The first-order valence-electron chi connectivity index (χ1n) is 6.66. The maximum atomic E-state index is 6.23. The number of rotatable bonds is 5. The number of benzene rings is 2. The second-order valence-electron chi connectivity index (χ2n) is 4.80. The second-order valence-corrected chi connectivity index (χ2v) is 7.17. The lowest BCUT2D eigenvalue weighted by atomic mass is 10.0. The van der Waals surface area contributed by atoms with Gasteiger partial charge in [0.25, 0.3) is 0 Å². The van der Waals surface area contributed by atoms with Gasteiger partial charge in [0.05, 0.1) is 5.02 Å². The average Bonchev–Trinajstić information content (AvgIpc) is 2.45. The van der Waals surface area contributed by atoms with Crippen LogP contribution in [-0.4, -0.2) is 6.04 Å². The summed E-state index contributed by atoms with van der Waals surface area (Å²) in [4.78, 5) is 2.03. The van der Waals surface area contributed by atoms with Crippen molar-refractivity contribution in [1.82, 2.24) is 0 Å². The van der Waals surface area contributed by atoms with E-state index >= 15 is 0 Å². The maximum absolute atomic E-state index is 6.23. The molecule has 5 heteroatoms. The Bertz CT molecular complexity index is 631. The number of hydrogen-bond acceptors (Lipinski definition) is 2. The fourth-order valence-corrected chi connectivity index (χ4v) is 3.57. The van der Waals surface area contributed by atoms with Gasteiger partial charge in [-0.25, -0.2) is 0 Å². The van der Waals surface area contributed by atoms with Crippen molar-refractivity contribution in [3.8, 4) is 0 Å². The fraction of sp³-hybridized carbons (Fsp3) is 0.250. The minimum Gasteiger partial charge on any atom is -0.327 e. The van der Waals surface area contributed by atoms with E-state index in [4.69, 9.17) is 40.5 Å². The van der Waals surface area contributed by atoms with Crippen LogP contribution in [-0.2, 0) is 6.42 Å². The summed E-state index contributed by atoms with van der Waals surface area (Å²) >= 11 is 20.0. The quantitative estimate of drug-likeness (QED) is 0.699. The Hall–Kier alpha value is -0.380. The van der Waals surface area contributed by atoms with Crippen molar-refractivity contribution in [2.75, 3.05) is 0 Å². The summed E-state index contributed by atoms with van der Waals surface area (Å²) in [5, 5.41) is 2.07. The third kappa shape index (κ3) is 4.80. The molecule has 1 nitrogen and oxygen atoms in total. The first-order valence-corrected chi connectivity index (χ1v) is 8.61. The van der Waals surface area contributed by atoms with E-state index in [1.54, 1.807) is 23.9 Å². The molecule has 0 fully saturated rings. The first-order chi connectivity index (χ1) is 9.99. The van der Waals surface area contributed by atoms with Gasteiger partial charge in [-0.05, 0) is 54.8 Å². The van der Waals surface area contributed by atoms with Gasteiger partial charge in [-0.15, -0.1) is 0 Å². The summed E-state index contributed by atoms with van der Waals surface area (Å²) in [6.45, 7) is 2.08. The molecule has 0 bridgehead atoms. The van der Waals surface area contributed by atoms with Crippen molar-refractivity contribution >= 4 is 46.6 Å². The highest BCUT2D eigenvalue weighted by molar-refractivity contribution is 7.99. The number of halogens is 3. The Balaban J connectivity index is 2.32. The molecular formula is C16H16Cl3NS. The van der Waals surface area contributed by atoms with E-state index in [0.29, 0.717) is 10.0 Å². The topological polar surface area (TPSA) is 26.0 Å². The molecule has 1 atom stereocenters. The van der Waals surface area contributed by atoms with Crippen molar-refractivity contribution in [2.45, 2.75) is 35.6 Å². The minimum atomic E-state index is 0.123. The highest BCUT2D eigenvalue weighted by Gasteiger charge is 2.11. The zero-order valence-corrected chi connectivity index (χ0v) is 14.7. The molecule has 0 saturated heterocycles. The zero-order chi connectivity index (χ0) is 15.4. The van der Waals surface area contributed by atoms with Gasteiger partial charge >= 0.3 is 0 Å². The standard InChI is InChI=1S/C16H16Cl3NS/c1-2-13(20)8-10-7-11(17)4-6-15(10)21-16-9-12(18)3-5-14(16)19/h3-7,9,13H,2,8,20H2,1H3. The summed E-state index contributed by atoms with van der Waals surface area (Å²) in [6.07, 6.45) is 1.71. The van der Waals surface area contributed by atoms with Gasteiger partial charge in [-0.1, -0.05) is 53.5 Å². The molecule has 0 heterocycles. The fourth-order valence-electron chi connectivity index (χ4n) is 1.91. The van der Waals surface area contributed by atoms with E-state index in [1.165, 1.54) is 0 Å². The highest BCUT2D eigenvalue weighted by Crippen LogP contribution is 2.37. The monoisotopic (exact) mass is 359 g/mol. The normalized spacial score (nSPS) is 12.4. The number of nitrogens with two attached hydrogens (primary N) is 1. The van der Waals surface area contributed by atoms with Crippen LogP contribution in [0.2, 0.25) is 15.1 Å². The van der Waals surface area contributed by atoms with Gasteiger partial charge in [0.1, 0.15) is 0 Å². The first kappa shape index (κ1) is 17.0. The molecule has 21 heavy (non-hydrogen) atoms. The molecule has 0 amide bonds. The largest absolute Gasteiger partial charge is 0.327 e. The Kier molecular flexibility index (Phi) is 6.27. The lowest BCUT2D eigenvalue weighted by Crippen LogP contribution is -2.21. The van der Waals surface area contributed by atoms with E-state index in [9.17, 15) is 0 Å². The predicted molar refractivity (Wildman–Crippen MR) is 94.0 cm³/mol. The van der Waals surface area contributed by atoms with Crippen LogP contribution in [0.5, 0.6) is 0 Å². The Morgan fingerprint density at radius 1 is 1.00 bits per heavy atom. The lowest BCUT2D eigenvalue weighted by molar-refractivity contribution is 0.641. The highest BCUT2D eigenvalue weighted by atomic mass is 35.5. The van der Waals surface area contributed by atoms with Crippen LogP contribution in [0.1, 0.15) is 18.9 Å². The van der Waals surface area contributed by atoms with Crippen LogP contribution in [0.4, 0.5) is 0 Å². The smallest absolute Gasteiger partial charge is 0.0546 e. The van der Waals surface area contributed by atoms with Crippen LogP contribution in [0.3, 0.4) is 0 Å². The van der Waals surface area contributed by atoms with Crippen molar-refractivity contribution in [2.24, 2.45) is 5.73 Å². The molecule has 0 aliphatic heterocycles. The van der Waals surface area contributed by atoms with Gasteiger partial charge < -0.3 is 5.73 Å². The van der Waals surface area contributed by atoms with Crippen LogP contribution < -0.4 is 5.73 Å². The number of hydrogen-bond donors (Lipinski definition) is 1. The Labute approximate surface area is 144 Å². The van der Waals surface area contributed by atoms with Gasteiger partial charge in [0.15, 0.2) is 0 Å². The van der Waals surface area contributed by atoms with Gasteiger partial charge in [-0.2, -0.15) is 0 Å². The van der Waals surface area contributed by atoms with Crippen molar-refractivity contribution in [3.05, 3.63) is 57.0 Å². The van der Waals surface area contributed by atoms with E-state index in [1.807, 2.05) is 24.3 Å². The Morgan fingerprint density at radius 3 is 2.38 bits per heavy atom. The third-order valence-corrected chi connectivity index (χ3v) is 5.23. The molecule has 0 saturated carbocycles. The molecule has 2 N–H and O–H groups in total. The van der Waals surface area contributed by atoms with Crippen molar-refractivity contribution in [3.63, 3.8) is 0 Å². The third-order valence-electron chi connectivity index (χ3n) is 3.14. The molecule has 0 aliphatic carbocycles. The summed E-state index contributed by atoms with van der Waals surface area (Å²) in [7, 11) is 0. The Morgan fingerprint density at radius 2 is 1.67 bits per heavy atom. The van der Waals surface area contributed by atoms with Gasteiger partial charge in [0.2, 0.25) is 0 Å². The maximum Gasteiger partial charge on any atom is 0.0546 e. The van der Waals surface area contributed by atoms with Crippen LogP contribution in [0.15, 0.2) is 46.2 Å². The molecule has 2 rings (SSSR count). The van der Waals surface area contributed by atoms with Gasteiger partial charge in [-0.3, -0.25) is 0 Å². The zero-order valence-electron chi connectivity index (χ0n) is 11.6. The van der Waals surface area contributed by atoms with Crippen molar-refractivity contribution < 1.29 is 0 Å². The molecule has 0 aliphatic rings. The van der Waals surface area contributed by atoms with Crippen LogP contribution >= 0.6 is 46.6 Å². The SMILES string of the molecule is CCC(N)Cc1cc(Cl)ccc1Sc1cc(Cl)ccc1Cl. The molecule has 0 radical (unpaired) electrons. The van der Waals surface area contributed by atoms with E-state index in [2.05, 4.69) is 6.92 Å². The molecule has 112 valence electrons. The molecule has 0 aromatic heterocycles. The molecule has 2 aromatic carbocycles. The van der Waals surface area contributed by atoms with E-state index in [0.717, 1.165) is 33.2 Å². The summed E-state index contributed by atoms with van der Waals surface area (Å²) in [6, 6.07) is 11.4. The van der Waals surface area contributed by atoms with Gasteiger partial charge in [0, 0.05) is 25.9 Å². The minimum absolute atomic E-state index is 0.123.